The van der Waals surface area contributed by atoms with Crippen LogP contribution in [0.25, 0.3) is 0 Å². The number of aliphatic hydroxyl groups is 1. The van der Waals surface area contributed by atoms with E-state index in [1.807, 2.05) is 0 Å². The molecule has 0 radical (unpaired) electrons. The van der Waals surface area contributed by atoms with Gasteiger partial charge in [0.05, 0.1) is 13.2 Å². The summed E-state index contributed by atoms with van der Waals surface area (Å²) in [4.78, 5) is 14.3. The molecule has 6 heteroatoms. The molecule has 0 saturated carbocycles. The molecule has 0 spiro atoms. The molecule has 1 aromatic rings. The summed E-state index contributed by atoms with van der Waals surface area (Å²) in [6.07, 6.45) is 0. The first-order chi connectivity index (χ1) is 10.3. The van der Waals surface area contributed by atoms with Gasteiger partial charge in [0.25, 0.3) is 5.91 Å². The Morgan fingerprint density at radius 2 is 2.05 bits per heavy atom. The molecule has 0 aliphatic carbocycles. The second-order valence-electron chi connectivity index (χ2n) is 5.23. The Labute approximate surface area is 123 Å². The molecule has 2 aliphatic rings. The second-order valence-corrected chi connectivity index (χ2v) is 5.23. The molecular weight excluding hydrogens is 274 g/mol. The van der Waals surface area contributed by atoms with Gasteiger partial charge in [0.1, 0.15) is 13.2 Å². The van der Waals surface area contributed by atoms with E-state index in [4.69, 9.17) is 14.2 Å². The largest absolute Gasteiger partial charge is 0.486 e. The van der Waals surface area contributed by atoms with Crippen LogP contribution in [0.2, 0.25) is 0 Å². The van der Waals surface area contributed by atoms with Crippen molar-refractivity contribution >= 4 is 5.91 Å². The van der Waals surface area contributed by atoms with E-state index in [9.17, 15) is 9.90 Å². The Morgan fingerprint density at radius 3 is 2.86 bits per heavy atom. The summed E-state index contributed by atoms with van der Waals surface area (Å²) in [7, 11) is 0. The minimum Gasteiger partial charge on any atom is -0.486 e. The molecule has 1 atom stereocenters. The van der Waals surface area contributed by atoms with E-state index in [-0.39, 0.29) is 18.4 Å². The molecule has 6 nitrogen and oxygen atoms in total. The maximum atomic E-state index is 12.6. The molecule has 114 valence electrons. The average Bonchev–Trinajstić information content (AvgIpc) is 2.79. The number of carbonyl (C=O) groups excluding carboxylic acids is 1. The number of amides is 1. The first kappa shape index (κ1) is 14.2. The summed E-state index contributed by atoms with van der Waals surface area (Å²) < 4.78 is 16.4. The zero-order valence-corrected chi connectivity index (χ0v) is 11.8. The maximum Gasteiger partial charge on any atom is 0.254 e. The first-order valence-electron chi connectivity index (χ1n) is 7.15. The Morgan fingerprint density at radius 1 is 1.24 bits per heavy atom. The minimum atomic E-state index is -0.0732. The summed E-state index contributed by atoms with van der Waals surface area (Å²) in [6.45, 7) is 3.06. The molecule has 0 aromatic heterocycles. The zero-order chi connectivity index (χ0) is 14.7. The van der Waals surface area contributed by atoms with Gasteiger partial charge in [-0.15, -0.1) is 0 Å². The third-order valence-electron chi connectivity index (χ3n) is 3.67. The molecule has 1 fully saturated rings. The molecule has 21 heavy (non-hydrogen) atoms. The topological polar surface area (TPSA) is 68.2 Å². The molecular formula is C15H19NO5. The lowest BCUT2D eigenvalue weighted by molar-refractivity contribution is 0.0727. The van der Waals surface area contributed by atoms with Crippen LogP contribution in [-0.2, 0) is 4.74 Å². The highest BCUT2D eigenvalue weighted by atomic mass is 16.6. The van der Waals surface area contributed by atoms with Gasteiger partial charge >= 0.3 is 0 Å². The SMILES string of the molecule is O=C(c1ccc2c(c1)OCCO2)N1CCOC[C@@H](CO)C1. The molecule has 0 unspecified atom stereocenters. The highest BCUT2D eigenvalue weighted by molar-refractivity contribution is 5.95. The van der Waals surface area contributed by atoms with E-state index in [0.717, 1.165) is 0 Å². The van der Waals surface area contributed by atoms with Crippen LogP contribution >= 0.6 is 0 Å². The molecule has 2 aliphatic heterocycles. The van der Waals surface area contributed by atoms with Gasteiger partial charge in [0, 0.05) is 31.2 Å². The van der Waals surface area contributed by atoms with Crippen molar-refractivity contribution in [2.75, 3.05) is 46.1 Å². The van der Waals surface area contributed by atoms with Crippen LogP contribution in [0.1, 0.15) is 10.4 Å². The van der Waals surface area contributed by atoms with Gasteiger partial charge in [-0.2, -0.15) is 0 Å². The number of nitrogens with zero attached hydrogens (tertiary/aromatic N) is 1. The highest BCUT2D eigenvalue weighted by Gasteiger charge is 2.24. The molecule has 1 aromatic carbocycles. The quantitative estimate of drug-likeness (QED) is 0.862. The van der Waals surface area contributed by atoms with Crippen LogP contribution in [-0.4, -0.2) is 62.0 Å². The van der Waals surface area contributed by atoms with E-state index in [1.165, 1.54) is 0 Å². The monoisotopic (exact) mass is 293 g/mol. The molecule has 1 saturated heterocycles. The number of ether oxygens (including phenoxy) is 3. The van der Waals surface area contributed by atoms with E-state index in [0.29, 0.717) is 56.6 Å². The third kappa shape index (κ3) is 3.11. The Kier molecular flexibility index (Phi) is 4.26. The fourth-order valence-corrected chi connectivity index (χ4v) is 2.53. The van der Waals surface area contributed by atoms with Crippen LogP contribution in [0.3, 0.4) is 0 Å². The van der Waals surface area contributed by atoms with E-state index in [1.54, 1.807) is 23.1 Å². The number of benzene rings is 1. The van der Waals surface area contributed by atoms with Gasteiger partial charge < -0.3 is 24.2 Å². The molecule has 0 bridgehead atoms. The van der Waals surface area contributed by atoms with Gasteiger partial charge in [0.2, 0.25) is 0 Å². The van der Waals surface area contributed by atoms with Gasteiger partial charge in [-0.05, 0) is 18.2 Å². The summed E-state index contributed by atoms with van der Waals surface area (Å²) in [5.74, 6) is 1.17. The third-order valence-corrected chi connectivity index (χ3v) is 3.67. The lowest BCUT2D eigenvalue weighted by Crippen LogP contribution is -2.36. The second kappa shape index (κ2) is 6.32. The number of hydrogen-bond acceptors (Lipinski definition) is 5. The molecule has 2 heterocycles. The summed E-state index contributed by atoms with van der Waals surface area (Å²) in [6, 6.07) is 5.23. The van der Waals surface area contributed by atoms with Crippen molar-refractivity contribution in [3.63, 3.8) is 0 Å². The summed E-state index contributed by atoms with van der Waals surface area (Å²) in [5, 5.41) is 9.29. The van der Waals surface area contributed by atoms with Crippen LogP contribution in [0, 0.1) is 5.92 Å². The van der Waals surface area contributed by atoms with Crippen LogP contribution in [0.5, 0.6) is 11.5 Å². The van der Waals surface area contributed by atoms with Gasteiger partial charge in [-0.25, -0.2) is 0 Å². The number of rotatable bonds is 2. The number of aliphatic hydroxyl groups excluding tert-OH is 1. The summed E-state index contributed by atoms with van der Waals surface area (Å²) in [5.41, 5.74) is 0.567. The van der Waals surface area contributed by atoms with Crippen LogP contribution in [0.15, 0.2) is 18.2 Å². The van der Waals surface area contributed by atoms with Crippen molar-refractivity contribution in [1.82, 2.24) is 4.90 Å². The Bertz CT molecular complexity index is 519. The number of hydrogen-bond donors (Lipinski definition) is 1. The van der Waals surface area contributed by atoms with E-state index in [2.05, 4.69) is 0 Å². The fourth-order valence-electron chi connectivity index (χ4n) is 2.53. The van der Waals surface area contributed by atoms with Crippen LogP contribution < -0.4 is 9.47 Å². The summed E-state index contributed by atoms with van der Waals surface area (Å²) >= 11 is 0. The van der Waals surface area contributed by atoms with Gasteiger partial charge in [-0.3, -0.25) is 4.79 Å². The predicted molar refractivity (Wildman–Crippen MR) is 74.7 cm³/mol. The van der Waals surface area contributed by atoms with Crippen molar-refractivity contribution in [1.29, 1.82) is 0 Å². The van der Waals surface area contributed by atoms with Gasteiger partial charge in [-0.1, -0.05) is 0 Å². The Hall–Kier alpha value is -1.79. The van der Waals surface area contributed by atoms with Gasteiger partial charge in [0.15, 0.2) is 11.5 Å². The average molecular weight is 293 g/mol. The lowest BCUT2D eigenvalue weighted by Gasteiger charge is -2.24. The highest BCUT2D eigenvalue weighted by Crippen LogP contribution is 2.31. The van der Waals surface area contributed by atoms with Crippen LogP contribution in [0.4, 0.5) is 0 Å². The number of fused-ring (bicyclic) bond motifs is 1. The standard InChI is InChI=1S/C15H19NO5/c17-9-11-8-16(3-4-19-10-11)15(18)12-1-2-13-14(7-12)21-6-5-20-13/h1-2,7,11,17H,3-6,8-10H2/t11-/m1/s1. The van der Waals surface area contributed by atoms with Crippen molar-refractivity contribution < 1.29 is 24.1 Å². The lowest BCUT2D eigenvalue weighted by atomic mass is 10.1. The van der Waals surface area contributed by atoms with Crippen molar-refractivity contribution in [3.8, 4) is 11.5 Å². The molecule has 1 N–H and O–H groups in total. The Balaban J connectivity index is 1.77. The minimum absolute atomic E-state index is 0.0188. The fraction of sp³-hybridized carbons (Fsp3) is 0.533. The first-order valence-corrected chi connectivity index (χ1v) is 7.15. The smallest absolute Gasteiger partial charge is 0.254 e. The maximum absolute atomic E-state index is 12.6. The zero-order valence-electron chi connectivity index (χ0n) is 11.8. The van der Waals surface area contributed by atoms with Crippen molar-refractivity contribution in [2.24, 2.45) is 5.92 Å². The number of carbonyl (C=O) groups is 1. The van der Waals surface area contributed by atoms with Crippen molar-refractivity contribution in [3.05, 3.63) is 23.8 Å². The predicted octanol–water partition coefficient (Wildman–Crippen LogP) is 0.539. The normalized spacial score (nSPS) is 21.8. The molecule has 1 amide bonds. The van der Waals surface area contributed by atoms with Crippen molar-refractivity contribution in [2.45, 2.75) is 0 Å². The van der Waals surface area contributed by atoms with E-state index >= 15 is 0 Å². The molecule has 3 rings (SSSR count). The van der Waals surface area contributed by atoms with E-state index < -0.39 is 0 Å².